The Hall–Kier alpha value is -0.570. The smallest absolute Gasteiger partial charge is 0.237 e. The Balaban J connectivity index is 2.25. The Kier molecular flexibility index (Phi) is 4.39. The van der Waals surface area contributed by atoms with Crippen LogP contribution in [0.3, 0.4) is 0 Å². The highest BCUT2D eigenvalue weighted by molar-refractivity contribution is 5.82. The normalized spacial score (nSPS) is 23.9. The van der Waals surface area contributed by atoms with Crippen molar-refractivity contribution in [2.24, 2.45) is 5.92 Å². The SMILES string of the molecule is CC(C)CC(C)NC(=O)[C@@H]1CCCN1. The number of carbonyl (C=O) groups is 1. The number of carbonyl (C=O) groups excluding carboxylic acids is 1. The third kappa shape index (κ3) is 3.66. The second-order valence-corrected chi connectivity index (χ2v) is 4.69. The molecule has 0 spiro atoms. The zero-order valence-corrected chi connectivity index (χ0v) is 9.47. The van der Waals surface area contributed by atoms with E-state index in [1.54, 1.807) is 0 Å². The lowest BCUT2D eigenvalue weighted by Crippen LogP contribution is -2.44. The van der Waals surface area contributed by atoms with E-state index in [1.807, 2.05) is 0 Å². The topological polar surface area (TPSA) is 41.1 Å². The third-order valence-corrected chi connectivity index (χ3v) is 2.59. The van der Waals surface area contributed by atoms with Gasteiger partial charge < -0.3 is 10.6 Å². The van der Waals surface area contributed by atoms with Crippen molar-refractivity contribution in [3.8, 4) is 0 Å². The Bertz CT molecular complexity index is 186. The van der Waals surface area contributed by atoms with E-state index in [4.69, 9.17) is 0 Å². The molecule has 3 nitrogen and oxygen atoms in total. The van der Waals surface area contributed by atoms with Gasteiger partial charge in [0.25, 0.3) is 0 Å². The molecule has 0 radical (unpaired) electrons. The molecule has 0 bridgehead atoms. The number of amides is 1. The molecule has 1 rings (SSSR count). The van der Waals surface area contributed by atoms with Crippen LogP contribution in [0, 0.1) is 5.92 Å². The third-order valence-electron chi connectivity index (χ3n) is 2.59. The molecule has 1 aliphatic heterocycles. The Morgan fingerprint density at radius 3 is 2.71 bits per heavy atom. The lowest BCUT2D eigenvalue weighted by atomic mass is 10.0. The lowest BCUT2D eigenvalue weighted by molar-refractivity contribution is -0.123. The number of nitrogens with one attached hydrogen (secondary N) is 2. The van der Waals surface area contributed by atoms with Crippen molar-refractivity contribution in [3.05, 3.63) is 0 Å². The molecule has 0 aromatic heterocycles. The molecule has 1 amide bonds. The van der Waals surface area contributed by atoms with Crippen LogP contribution in [0.15, 0.2) is 0 Å². The first-order valence-corrected chi connectivity index (χ1v) is 5.63. The van der Waals surface area contributed by atoms with E-state index >= 15 is 0 Å². The highest BCUT2D eigenvalue weighted by atomic mass is 16.2. The molecule has 1 saturated heterocycles. The van der Waals surface area contributed by atoms with E-state index < -0.39 is 0 Å². The zero-order valence-electron chi connectivity index (χ0n) is 9.47. The van der Waals surface area contributed by atoms with Crippen LogP contribution in [0.2, 0.25) is 0 Å². The molecule has 14 heavy (non-hydrogen) atoms. The van der Waals surface area contributed by atoms with Crippen molar-refractivity contribution in [2.75, 3.05) is 6.54 Å². The molecule has 1 heterocycles. The minimum Gasteiger partial charge on any atom is -0.352 e. The minimum absolute atomic E-state index is 0.0598. The molecule has 0 aromatic rings. The van der Waals surface area contributed by atoms with Gasteiger partial charge in [0.15, 0.2) is 0 Å². The number of hydrogen-bond donors (Lipinski definition) is 2. The van der Waals surface area contributed by atoms with Gasteiger partial charge in [-0.2, -0.15) is 0 Å². The van der Waals surface area contributed by atoms with E-state index in [9.17, 15) is 4.79 Å². The van der Waals surface area contributed by atoms with Crippen LogP contribution in [0.5, 0.6) is 0 Å². The van der Waals surface area contributed by atoms with E-state index in [2.05, 4.69) is 31.4 Å². The second kappa shape index (κ2) is 5.35. The summed E-state index contributed by atoms with van der Waals surface area (Å²) in [6, 6.07) is 0.356. The largest absolute Gasteiger partial charge is 0.352 e. The Morgan fingerprint density at radius 2 is 2.21 bits per heavy atom. The van der Waals surface area contributed by atoms with E-state index in [0.717, 1.165) is 25.8 Å². The van der Waals surface area contributed by atoms with Gasteiger partial charge >= 0.3 is 0 Å². The molecular formula is C11H22N2O. The van der Waals surface area contributed by atoms with Gasteiger partial charge in [0.2, 0.25) is 5.91 Å². The summed E-state index contributed by atoms with van der Waals surface area (Å²) in [6.07, 6.45) is 3.16. The summed E-state index contributed by atoms with van der Waals surface area (Å²) in [5, 5.41) is 6.25. The molecule has 0 aliphatic carbocycles. The molecule has 2 atom stereocenters. The summed E-state index contributed by atoms with van der Waals surface area (Å²) in [5.41, 5.74) is 0. The highest BCUT2D eigenvalue weighted by Gasteiger charge is 2.22. The van der Waals surface area contributed by atoms with Crippen molar-refractivity contribution in [1.82, 2.24) is 10.6 Å². The average molecular weight is 198 g/mol. The van der Waals surface area contributed by atoms with Gasteiger partial charge in [-0.3, -0.25) is 4.79 Å². The zero-order chi connectivity index (χ0) is 10.6. The second-order valence-electron chi connectivity index (χ2n) is 4.69. The fourth-order valence-corrected chi connectivity index (χ4v) is 2.02. The quantitative estimate of drug-likeness (QED) is 0.714. The van der Waals surface area contributed by atoms with Crippen molar-refractivity contribution in [2.45, 2.75) is 52.1 Å². The maximum Gasteiger partial charge on any atom is 0.237 e. The minimum atomic E-state index is 0.0598. The Morgan fingerprint density at radius 1 is 1.50 bits per heavy atom. The molecule has 1 fully saturated rings. The number of hydrogen-bond acceptors (Lipinski definition) is 2. The van der Waals surface area contributed by atoms with Crippen molar-refractivity contribution >= 4 is 5.91 Å². The van der Waals surface area contributed by atoms with Crippen LogP contribution >= 0.6 is 0 Å². The first kappa shape index (κ1) is 11.5. The molecule has 1 aliphatic rings. The van der Waals surface area contributed by atoms with Crippen LogP contribution in [0.25, 0.3) is 0 Å². The van der Waals surface area contributed by atoms with E-state index in [0.29, 0.717) is 12.0 Å². The summed E-state index contributed by atoms with van der Waals surface area (Å²) >= 11 is 0. The van der Waals surface area contributed by atoms with Crippen LogP contribution in [-0.2, 0) is 4.79 Å². The maximum absolute atomic E-state index is 11.7. The molecule has 82 valence electrons. The van der Waals surface area contributed by atoms with Gasteiger partial charge in [-0.25, -0.2) is 0 Å². The summed E-state index contributed by atoms with van der Waals surface area (Å²) in [6.45, 7) is 7.41. The van der Waals surface area contributed by atoms with Gasteiger partial charge in [0, 0.05) is 6.04 Å². The fraction of sp³-hybridized carbons (Fsp3) is 0.909. The summed E-state index contributed by atoms with van der Waals surface area (Å²) in [4.78, 5) is 11.7. The molecule has 3 heteroatoms. The standard InChI is InChI=1S/C11H22N2O/c1-8(2)7-9(3)13-11(14)10-5-4-6-12-10/h8-10,12H,4-7H2,1-3H3,(H,13,14)/t9?,10-/m0/s1. The lowest BCUT2D eigenvalue weighted by Gasteiger charge is -2.18. The molecule has 1 unspecified atom stereocenters. The van der Waals surface area contributed by atoms with E-state index in [-0.39, 0.29) is 11.9 Å². The van der Waals surface area contributed by atoms with Crippen LogP contribution in [0.4, 0.5) is 0 Å². The average Bonchev–Trinajstić information content (AvgIpc) is 2.53. The Labute approximate surface area is 86.6 Å². The predicted octanol–water partition coefficient (Wildman–Crippen LogP) is 1.29. The van der Waals surface area contributed by atoms with E-state index in [1.165, 1.54) is 0 Å². The fourth-order valence-electron chi connectivity index (χ4n) is 2.02. The van der Waals surface area contributed by atoms with Crippen LogP contribution < -0.4 is 10.6 Å². The van der Waals surface area contributed by atoms with Crippen molar-refractivity contribution in [1.29, 1.82) is 0 Å². The van der Waals surface area contributed by atoms with Gasteiger partial charge in [-0.1, -0.05) is 13.8 Å². The highest BCUT2D eigenvalue weighted by Crippen LogP contribution is 2.07. The van der Waals surface area contributed by atoms with Gasteiger partial charge in [0.05, 0.1) is 6.04 Å². The van der Waals surface area contributed by atoms with Crippen LogP contribution in [-0.4, -0.2) is 24.5 Å². The first-order chi connectivity index (χ1) is 6.59. The molecule has 2 N–H and O–H groups in total. The maximum atomic E-state index is 11.7. The van der Waals surface area contributed by atoms with Gasteiger partial charge in [0.1, 0.15) is 0 Å². The summed E-state index contributed by atoms with van der Waals surface area (Å²) in [5.74, 6) is 0.817. The predicted molar refractivity (Wildman–Crippen MR) is 58.1 cm³/mol. The van der Waals surface area contributed by atoms with Gasteiger partial charge in [-0.15, -0.1) is 0 Å². The first-order valence-electron chi connectivity index (χ1n) is 5.63. The number of rotatable bonds is 4. The summed E-state index contributed by atoms with van der Waals surface area (Å²) < 4.78 is 0. The van der Waals surface area contributed by atoms with Crippen LogP contribution in [0.1, 0.15) is 40.0 Å². The van der Waals surface area contributed by atoms with Crippen molar-refractivity contribution in [3.63, 3.8) is 0 Å². The molecular weight excluding hydrogens is 176 g/mol. The van der Waals surface area contributed by atoms with Crippen molar-refractivity contribution < 1.29 is 4.79 Å². The monoisotopic (exact) mass is 198 g/mol. The summed E-state index contributed by atoms with van der Waals surface area (Å²) in [7, 11) is 0. The molecule has 0 saturated carbocycles. The van der Waals surface area contributed by atoms with Gasteiger partial charge in [-0.05, 0) is 38.6 Å². The molecule has 0 aromatic carbocycles.